The Morgan fingerprint density at radius 1 is 1.26 bits per heavy atom. The molecule has 0 bridgehead atoms. The zero-order valence-corrected chi connectivity index (χ0v) is 11.7. The fourth-order valence-electron chi connectivity index (χ4n) is 1.64. The zero-order chi connectivity index (χ0) is 13.8. The summed E-state index contributed by atoms with van der Waals surface area (Å²) in [4.78, 5) is 8.62. The summed E-state index contributed by atoms with van der Waals surface area (Å²) in [6.07, 6.45) is 3.19. The lowest BCUT2D eigenvalue weighted by molar-refractivity contribution is 0.867. The molecule has 0 aliphatic rings. The third kappa shape index (κ3) is 3.48. The van der Waals surface area contributed by atoms with Crippen molar-refractivity contribution in [3.63, 3.8) is 0 Å². The molecule has 3 N–H and O–H groups in total. The molecule has 0 fully saturated rings. The maximum Gasteiger partial charge on any atom is 0.148 e. The lowest BCUT2D eigenvalue weighted by Gasteiger charge is -2.09. The predicted molar refractivity (Wildman–Crippen MR) is 81.7 cm³/mol. The van der Waals surface area contributed by atoms with Crippen molar-refractivity contribution in [3.8, 4) is 0 Å². The molecule has 0 atom stereocenters. The highest BCUT2D eigenvalue weighted by Crippen LogP contribution is 2.20. The summed E-state index contributed by atoms with van der Waals surface area (Å²) in [5.41, 5.74) is 8.27. The van der Waals surface area contributed by atoms with Gasteiger partial charge in [0.2, 0.25) is 0 Å². The number of aromatic nitrogens is 2. The number of anilines is 2. The SMILES string of the molecule is CC(C)c1cccc(Nc2cnc(C(N)=S)cn2)c1. The van der Waals surface area contributed by atoms with Gasteiger partial charge in [-0.15, -0.1) is 0 Å². The molecule has 19 heavy (non-hydrogen) atoms. The molecule has 0 aliphatic heterocycles. The van der Waals surface area contributed by atoms with Crippen LogP contribution in [-0.4, -0.2) is 15.0 Å². The van der Waals surface area contributed by atoms with E-state index in [0.717, 1.165) is 5.69 Å². The van der Waals surface area contributed by atoms with Crippen LogP contribution in [0.25, 0.3) is 0 Å². The van der Waals surface area contributed by atoms with Gasteiger partial charge in [-0.2, -0.15) is 0 Å². The van der Waals surface area contributed by atoms with Gasteiger partial charge < -0.3 is 11.1 Å². The van der Waals surface area contributed by atoms with Gasteiger partial charge in [-0.05, 0) is 23.6 Å². The van der Waals surface area contributed by atoms with E-state index in [9.17, 15) is 0 Å². The minimum absolute atomic E-state index is 0.251. The lowest BCUT2D eigenvalue weighted by Crippen LogP contribution is -2.12. The van der Waals surface area contributed by atoms with Crippen LogP contribution < -0.4 is 11.1 Å². The fourth-order valence-corrected chi connectivity index (χ4v) is 1.75. The van der Waals surface area contributed by atoms with Crippen molar-refractivity contribution in [1.29, 1.82) is 0 Å². The Hall–Kier alpha value is -2.01. The summed E-state index contributed by atoms with van der Waals surface area (Å²) in [5.74, 6) is 1.16. The molecular formula is C14H16N4S. The first-order chi connectivity index (χ1) is 9.06. The van der Waals surface area contributed by atoms with Crippen molar-refractivity contribution >= 4 is 28.7 Å². The molecule has 0 aliphatic carbocycles. The third-order valence-corrected chi connectivity index (χ3v) is 2.94. The third-order valence-electron chi connectivity index (χ3n) is 2.73. The van der Waals surface area contributed by atoms with Crippen LogP contribution in [0.1, 0.15) is 31.0 Å². The highest BCUT2D eigenvalue weighted by Gasteiger charge is 2.03. The van der Waals surface area contributed by atoms with Crippen molar-refractivity contribution in [2.24, 2.45) is 5.73 Å². The first kappa shape index (κ1) is 13.4. The van der Waals surface area contributed by atoms with Crippen LogP contribution in [0.3, 0.4) is 0 Å². The maximum absolute atomic E-state index is 5.48. The van der Waals surface area contributed by atoms with E-state index >= 15 is 0 Å². The van der Waals surface area contributed by atoms with Gasteiger partial charge in [0.05, 0.1) is 12.4 Å². The molecule has 2 aromatic rings. The second-order valence-corrected chi connectivity index (χ2v) is 5.00. The average molecular weight is 272 g/mol. The molecule has 2 rings (SSSR count). The molecular weight excluding hydrogens is 256 g/mol. The number of rotatable bonds is 4. The van der Waals surface area contributed by atoms with Gasteiger partial charge in [0.15, 0.2) is 0 Å². The Balaban J connectivity index is 2.16. The summed E-state index contributed by atoms with van der Waals surface area (Å²) in [7, 11) is 0. The van der Waals surface area contributed by atoms with Crippen LogP contribution in [0.5, 0.6) is 0 Å². The van der Waals surface area contributed by atoms with E-state index in [1.165, 1.54) is 5.56 Å². The number of nitrogens with two attached hydrogens (primary N) is 1. The Morgan fingerprint density at radius 3 is 2.63 bits per heavy atom. The highest BCUT2D eigenvalue weighted by molar-refractivity contribution is 7.80. The van der Waals surface area contributed by atoms with Gasteiger partial charge in [-0.1, -0.05) is 38.2 Å². The second kappa shape index (κ2) is 5.75. The van der Waals surface area contributed by atoms with Gasteiger partial charge in [0.1, 0.15) is 16.5 Å². The Kier molecular flexibility index (Phi) is 4.06. The molecule has 0 amide bonds. The summed E-state index contributed by atoms with van der Waals surface area (Å²) in [6, 6.07) is 8.23. The van der Waals surface area contributed by atoms with E-state index < -0.39 is 0 Å². The first-order valence-electron chi connectivity index (χ1n) is 6.05. The minimum atomic E-state index is 0.251. The lowest BCUT2D eigenvalue weighted by atomic mass is 10.0. The van der Waals surface area contributed by atoms with Crippen LogP contribution in [0.4, 0.5) is 11.5 Å². The first-order valence-corrected chi connectivity index (χ1v) is 6.46. The summed E-state index contributed by atoms with van der Waals surface area (Å²) >= 11 is 4.84. The van der Waals surface area contributed by atoms with E-state index in [1.54, 1.807) is 12.4 Å². The number of hydrogen-bond acceptors (Lipinski definition) is 4. The molecule has 0 saturated carbocycles. The summed E-state index contributed by atoms with van der Waals surface area (Å²) < 4.78 is 0. The van der Waals surface area contributed by atoms with Crippen LogP contribution in [0.2, 0.25) is 0 Å². The Bertz CT molecular complexity index is 578. The number of nitrogens with zero attached hydrogens (tertiary/aromatic N) is 2. The molecule has 1 aromatic carbocycles. The van der Waals surface area contributed by atoms with E-state index in [1.807, 2.05) is 12.1 Å². The van der Waals surface area contributed by atoms with Crippen molar-refractivity contribution in [1.82, 2.24) is 9.97 Å². The smallest absolute Gasteiger partial charge is 0.148 e. The van der Waals surface area contributed by atoms with Gasteiger partial charge in [0, 0.05) is 5.69 Å². The van der Waals surface area contributed by atoms with E-state index in [-0.39, 0.29) is 4.99 Å². The van der Waals surface area contributed by atoms with Crippen LogP contribution >= 0.6 is 12.2 Å². The summed E-state index contributed by atoms with van der Waals surface area (Å²) in [6.45, 7) is 4.33. The van der Waals surface area contributed by atoms with Crippen LogP contribution in [0, 0.1) is 0 Å². The largest absolute Gasteiger partial charge is 0.388 e. The zero-order valence-electron chi connectivity index (χ0n) is 10.9. The molecule has 1 aromatic heterocycles. The Morgan fingerprint density at radius 2 is 2.05 bits per heavy atom. The average Bonchev–Trinajstić information content (AvgIpc) is 2.39. The van der Waals surface area contributed by atoms with Gasteiger partial charge in [0.25, 0.3) is 0 Å². The van der Waals surface area contributed by atoms with E-state index in [0.29, 0.717) is 17.4 Å². The molecule has 1 heterocycles. The number of thiocarbonyl (C=S) groups is 1. The number of benzene rings is 1. The van der Waals surface area contributed by atoms with Gasteiger partial charge in [-0.3, -0.25) is 0 Å². The molecule has 0 saturated heterocycles. The fraction of sp³-hybridized carbons (Fsp3) is 0.214. The molecule has 0 spiro atoms. The van der Waals surface area contributed by atoms with E-state index in [4.69, 9.17) is 18.0 Å². The molecule has 0 radical (unpaired) electrons. The Labute approximate surface area is 118 Å². The highest BCUT2D eigenvalue weighted by atomic mass is 32.1. The topological polar surface area (TPSA) is 63.8 Å². The number of nitrogens with one attached hydrogen (secondary N) is 1. The van der Waals surface area contributed by atoms with Gasteiger partial charge >= 0.3 is 0 Å². The van der Waals surface area contributed by atoms with E-state index in [2.05, 4.69) is 41.3 Å². The van der Waals surface area contributed by atoms with Crippen molar-refractivity contribution in [2.45, 2.75) is 19.8 Å². The van der Waals surface area contributed by atoms with Gasteiger partial charge in [-0.25, -0.2) is 9.97 Å². The summed E-state index contributed by atoms with van der Waals surface area (Å²) in [5, 5.41) is 3.21. The van der Waals surface area contributed by atoms with Crippen molar-refractivity contribution in [2.75, 3.05) is 5.32 Å². The monoisotopic (exact) mass is 272 g/mol. The molecule has 4 nitrogen and oxygen atoms in total. The standard InChI is InChI=1S/C14H16N4S/c1-9(2)10-4-3-5-11(6-10)18-13-8-16-12(7-17-13)14(15)19/h3-9H,1-2H3,(H2,15,19)(H,17,18). The quantitative estimate of drug-likeness (QED) is 0.838. The second-order valence-electron chi connectivity index (χ2n) is 4.56. The molecule has 5 heteroatoms. The van der Waals surface area contributed by atoms with Crippen molar-refractivity contribution < 1.29 is 0 Å². The minimum Gasteiger partial charge on any atom is -0.388 e. The van der Waals surface area contributed by atoms with Crippen LogP contribution in [0.15, 0.2) is 36.7 Å². The predicted octanol–water partition coefficient (Wildman–Crippen LogP) is 2.98. The molecule has 0 unspecified atom stereocenters. The number of hydrogen-bond donors (Lipinski definition) is 2. The van der Waals surface area contributed by atoms with Crippen LogP contribution in [-0.2, 0) is 0 Å². The van der Waals surface area contributed by atoms with Crippen molar-refractivity contribution in [3.05, 3.63) is 47.9 Å². The maximum atomic E-state index is 5.48. The normalized spacial score (nSPS) is 10.5. The molecule has 98 valence electrons.